The Labute approximate surface area is 111 Å². The summed E-state index contributed by atoms with van der Waals surface area (Å²) in [6.45, 7) is 6.76. The standard InChI is InChI=1S/C14H15BrN2/c1-14(2,3)7-4-8-17-13-6-5-12(15)9-11(13)10-16/h5-6,9,17H,8H2,1-3H3. The maximum absolute atomic E-state index is 8.98. The molecule has 0 aliphatic heterocycles. The first-order valence-corrected chi connectivity index (χ1v) is 6.15. The normalized spacial score (nSPS) is 10.1. The molecule has 0 saturated heterocycles. The van der Waals surface area contributed by atoms with Gasteiger partial charge in [0.2, 0.25) is 0 Å². The first-order chi connectivity index (χ1) is 7.92. The molecule has 3 heteroatoms. The molecule has 2 nitrogen and oxygen atoms in total. The van der Waals surface area contributed by atoms with Crippen molar-refractivity contribution in [1.29, 1.82) is 5.26 Å². The van der Waals surface area contributed by atoms with Crippen LogP contribution in [0.25, 0.3) is 0 Å². The van der Waals surface area contributed by atoms with Gasteiger partial charge in [0.15, 0.2) is 0 Å². The molecule has 0 heterocycles. The van der Waals surface area contributed by atoms with Crippen LogP contribution in [0.1, 0.15) is 26.3 Å². The van der Waals surface area contributed by atoms with Gasteiger partial charge in [0.05, 0.1) is 17.8 Å². The highest BCUT2D eigenvalue weighted by atomic mass is 79.9. The first kappa shape index (κ1) is 13.6. The van der Waals surface area contributed by atoms with Crippen LogP contribution < -0.4 is 5.32 Å². The molecule has 0 fully saturated rings. The van der Waals surface area contributed by atoms with Crippen LogP contribution in [0.5, 0.6) is 0 Å². The van der Waals surface area contributed by atoms with E-state index in [-0.39, 0.29) is 5.41 Å². The summed E-state index contributed by atoms with van der Waals surface area (Å²) in [7, 11) is 0. The zero-order valence-corrected chi connectivity index (χ0v) is 11.9. The van der Waals surface area contributed by atoms with Crippen LogP contribution in [-0.4, -0.2) is 6.54 Å². The number of benzene rings is 1. The topological polar surface area (TPSA) is 35.8 Å². The lowest BCUT2D eigenvalue weighted by Crippen LogP contribution is -2.04. The molecule has 0 aromatic heterocycles. The number of halogens is 1. The molecule has 0 spiro atoms. The van der Waals surface area contributed by atoms with Crippen LogP contribution >= 0.6 is 15.9 Å². The molecular formula is C14H15BrN2. The van der Waals surface area contributed by atoms with Gasteiger partial charge in [-0.1, -0.05) is 27.8 Å². The van der Waals surface area contributed by atoms with Gasteiger partial charge in [-0.25, -0.2) is 0 Å². The van der Waals surface area contributed by atoms with Crippen LogP contribution in [0.4, 0.5) is 5.69 Å². The van der Waals surface area contributed by atoms with Gasteiger partial charge in [-0.05, 0) is 39.0 Å². The van der Waals surface area contributed by atoms with Crippen LogP contribution in [0, 0.1) is 28.6 Å². The van der Waals surface area contributed by atoms with E-state index in [2.05, 4.69) is 59.9 Å². The Kier molecular flexibility index (Phi) is 4.61. The van der Waals surface area contributed by atoms with Crippen molar-refractivity contribution < 1.29 is 0 Å². The van der Waals surface area contributed by atoms with Crippen LogP contribution in [0.2, 0.25) is 0 Å². The molecule has 1 aromatic carbocycles. The zero-order valence-electron chi connectivity index (χ0n) is 10.3. The van der Waals surface area contributed by atoms with Gasteiger partial charge in [-0.2, -0.15) is 5.26 Å². The average Bonchev–Trinajstić information content (AvgIpc) is 2.24. The van der Waals surface area contributed by atoms with E-state index in [9.17, 15) is 0 Å². The molecule has 0 amide bonds. The van der Waals surface area contributed by atoms with Gasteiger partial charge in [-0.15, -0.1) is 0 Å². The molecular weight excluding hydrogens is 276 g/mol. The summed E-state index contributed by atoms with van der Waals surface area (Å²) < 4.78 is 0.903. The minimum absolute atomic E-state index is 0.0133. The van der Waals surface area contributed by atoms with Crippen molar-refractivity contribution in [1.82, 2.24) is 0 Å². The van der Waals surface area contributed by atoms with E-state index >= 15 is 0 Å². The molecule has 0 bridgehead atoms. The second-order valence-corrected chi connectivity index (χ2v) is 5.62. The fourth-order valence-corrected chi connectivity index (χ4v) is 1.57. The minimum atomic E-state index is 0.0133. The average molecular weight is 291 g/mol. The zero-order chi connectivity index (χ0) is 12.9. The second-order valence-electron chi connectivity index (χ2n) is 4.71. The molecule has 0 aliphatic carbocycles. The molecule has 88 valence electrons. The third-order valence-electron chi connectivity index (χ3n) is 1.93. The van der Waals surface area contributed by atoms with E-state index in [0.717, 1.165) is 10.2 Å². The summed E-state index contributed by atoms with van der Waals surface area (Å²) in [5.74, 6) is 6.19. The predicted molar refractivity (Wildman–Crippen MR) is 74.6 cm³/mol. The second kappa shape index (κ2) is 5.75. The fourth-order valence-electron chi connectivity index (χ4n) is 1.21. The van der Waals surface area contributed by atoms with Crippen molar-refractivity contribution in [2.75, 3.05) is 11.9 Å². The van der Waals surface area contributed by atoms with E-state index in [1.165, 1.54) is 0 Å². The molecule has 17 heavy (non-hydrogen) atoms. The van der Waals surface area contributed by atoms with E-state index in [1.807, 2.05) is 12.1 Å². The summed E-state index contributed by atoms with van der Waals surface area (Å²) in [6, 6.07) is 7.72. The maximum atomic E-state index is 8.98. The summed E-state index contributed by atoms with van der Waals surface area (Å²) in [5, 5.41) is 12.1. The highest BCUT2D eigenvalue weighted by Gasteiger charge is 2.03. The van der Waals surface area contributed by atoms with Crippen molar-refractivity contribution in [2.24, 2.45) is 5.41 Å². The molecule has 0 unspecified atom stereocenters. The third-order valence-corrected chi connectivity index (χ3v) is 2.43. The number of rotatable bonds is 2. The van der Waals surface area contributed by atoms with E-state index < -0.39 is 0 Å². The van der Waals surface area contributed by atoms with Gasteiger partial charge < -0.3 is 5.32 Å². The summed E-state index contributed by atoms with van der Waals surface area (Å²) in [5.41, 5.74) is 1.45. The summed E-state index contributed by atoms with van der Waals surface area (Å²) in [6.07, 6.45) is 0. The van der Waals surface area contributed by atoms with Crippen molar-refractivity contribution in [3.63, 3.8) is 0 Å². The summed E-state index contributed by atoms with van der Waals surface area (Å²) >= 11 is 3.34. The molecule has 0 saturated carbocycles. The van der Waals surface area contributed by atoms with Gasteiger partial charge in [-0.3, -0.25) is 0 Å². The Morgan fingerprint density at radius 1 is 1.35 bits per heavy atom. The van der Waals surface area contributed by atoms with Crippen LogP contribution in [0.15, 0.2) is 22.7 Å². The molecule has 0 aliphatic rings. The quantitative estimate of drug-likeness (QED) is 0.842. The highest BCUT2D eigenvalue weighted by molar-refractivity contribution is 9.10. The first-order valence-electron chi connectivity index (χ1n) is 5.36. The number of nitriles is 1. The van der Waals surface area contributed by atoms with Crippen LogP contribution in [0.3, 0.4) is 0 Å². The Balaban J connectivity index is 2.70. The predicted octanol–water partition coefficient (Wildman–Crippen LogP) is 3.78. The number of hydrogen-bond acceptors (Lipinski definition) is 2. The lowest BCUT2D eigenvalue weighted by Gasteiger charge is -2.08. The number of nitrogens with one attached hydrogen (secondary N) is 1. The lowest BCUT2D eigenvalue weighted by atomic mass is 9.98. The fraction of sp³-hybridized carbons (Fsp3) is 0.357. The Hall–Kier alpha value is -1.45. The SMILES string of the molecule is CC(C)(C)C#CCNc1ccc(Br)cc1C#N. The Morgan fingerprint density at radius 3 is 2.65 bits per heavy atom. The van der Waals surface area contributed by atoms with Crippen molar-refractivity contribution in [3.05, 3.63) is 28.2 Å². The number of anilines is 1. The Morgan fingerprint density at radius 2 is 2.06 bits per heavy atom. The minimum Gasteiger partial charge on any atom is -0.373 e. The van der Waals surface area contributed by atoms with Crippen molar-refractivity contribution >= 4 is 21.6 Å². The number of nitrogens with zero attached hydrogens (tertiary/aromatic N) is 1. The van der Waals surface area contributed by atoms with Crippen molar-refractivity contribution in [3.8, 4) is 17.9 Å². The van der Waals surface area contributed by atoms with Crippen molar-refractivity contribution in [2.45, 2.75) is 20.8 Å². The molecule has 0 radical (unpaired) electrons. The summed E-state index contributed by atoms with van der Waals surface area (Å²) in [4.78, 5) is 0. The van der Waals surface area contributed by atoms with E-state index in [1.54, 1.807) is 6.07 Å². The largest absolute Gasteiger partial charge is 0.373 e. The third kappa shape index (κ3) is 4.93. The van der Waals surface area contributed by atoms with Gasteiger partial charge >= 0.3 is 0 Å². The monoisotopic (exact) mass is 290 g/mol. The van der Waals surface area contributed by atoms with Gasteiger partial charge in [0, 0.05) is 9.89 Å². The smallest absolute Gasteiger partial charge is 0.101 e. The van der Waals surface area contributed by atoms with E-state index in [4.69, 9.17) is 5.26 Å². The lowest BCUT2D eigenvalue weighted by molar-refractivity contribution is 0.570. The van der Waals surface area contributed by atoms with Gasteiger partial charge in [0.1, 0.15) is 6.07 Å². The molecule has 1 rings (SSSR count). The molecule has 0 atom stereocenters. The Bertz CT molecular complexity index is 496. The van der Waals surface area contributed by atoms with Crippen LogP contribution in [-0.2, 0) is 0 Å². The van der Waals surface area contributed by atoms with Gasteiger partial charge in [0.25, 0.3) is 0 Å². The van der Waals surface area contributed by atoms with E-state index in [0.29, 0.717) is 12.1 Å². The molecule has 1 N–H and O–H groups in total. The molecule has 1 aromatic rings. The number of hydrogen-bond donors (Lipinski definition) is 1. The maximum Gasteiger partial charge on any atom is 0.101 e. The highest BCUT2D eigenvalue weighted by Crippen LogP contribution is 2.19.